The van der Waals surface area contributed by atoms with E-state index in [1.54, 1.807) is 0 Å². The van der Waals surface area contributed by atoms with Crippen molar-refractivity contribution in [1.82, 2.24) is 9.80 Å². The second-order valence-corrected chi connectivity index (χ2v) is 6.12. The van der Waals surface area contributed by atoms with Crippen molar-refractivity contribution < 1.29 is 0 Å². The maximum Gasteiger partial charge on any atom is 0.0310 e. The Morgan fingerprint density at radius 3 is 2.00 bits per heavy atom. The lowest BCUT2D eigenvalue weighted by molar-refractivity contribution is 0.164. The van der Waals surface area contributed by atoms with Gasteiger partial charge in [-0.1, -0.05) is 0 Å². The largest absolute Gasteiger partial charge is 0.300 e. The van der Waals surface area contributed by atoms with Gasteiger partial charge in [-0.2, -0.15) is 0 Å². The van der Waals surface area contributed by atoms with Crippen LogP contribution in [0.1, 0.15) is 41.5 Å². The molecular weight excluding hydrogens is 172 g/mol. The number of likely N-dealkylation sites (N-methyl/N-ethyl adjacent to an activating group) is 1. The molecule has 0 aliphatic carbocycles. The molecule has 0 amide bonds. The van der Waals surface area contributed by atoms with Crippen molar-refractivity contribution in [2.75, 3.05) is 20.1 Å². The second kappa shape index (κ2) is 3.49. The average Bonchev–Trinajstić information content (AvgIpc) is 2.46. The molecule has 0 N–H and O–H groups in total. The van der Waals surface area contributed by atoms with Crippen LogP contribution < -0.4 is 0 Å². The molecule has 2 nitrogen and oxygen atoms in total. The third-order valence-corrected chi connectivity index (χ3v) is 3.98. The minimum atomic E-state index is 0.295. The molecule has 1 aliphatic rings. The van der Waals surface area contributed by atoms with Gasteiger partial charge < -0.3 is 4.90 Å². The van der Waals surface area contributed by atoms with E-state index in [-0.39, 0.29) is 0 Å². The maximum atomic E-state index is 2.56. The van der Waals surface area contributed by atoms with Crippen molar-refractivity contribution in [3.63, 3.8) is 0 Å². The fourth-order valence-corrected chi connectivity index (χ4v) is 1.85. The Balaban J connectivity index is 2.30. The Bertz CT molecular complexity index is 191. The predicted octanol–water partition coefficient (Wildman–Crippen LogP) is 2.20. The minimum Gasteiger partial charge on any atom is -0.300 e. The van der Waals surface area contributed by atoms with Gasteiger partial charge in [0.05, 0.1) is 0 Å². The molecule has 1 rings (SSSR count). The fraction of sp³-hybridized carbons (Fsp3) is 1.00. The molecule has 1 fully saturated rings. The molecule has 1 saturated heterocycles. The molecule has 2 heteroatoms. The van der Waals surface area contributed by atoms with Crippen molar-refractivity contribution >= 4 is 0 Å². The van der Waals surface area contributed by atoms with E-state index in [9.17, 15) is 0 Å². The van der Waals surface area contributed by atoms with Gasteiger partial charge in [0.1, 0.15) is 0 Å². The van der Waals surface area contributed by atoms with Gasteiger partial charge in [0.15, 0.2) is 0 Å². The standard InChI is InChI=1S/C12H26N2/c1-10-12(5,6)14(10)9-8-13(7)11(2,3)4/h10H,8-9H2,1-7H3. The van der Waals surface area contributed by atoms with Gasteiger partial charge in [-0.05, 0) is 48.6 Å². The van der Waals surface area contributed by atoms with Gasteiger partial charge in [0.2, 0.25) is 0 Å². The number of hydrogen-bond donors (Lipinski definition) is 0. The average molecular weight is 198 g/mol. The molecule has 0 aromatic rings. The molecule has 0 spiro atoms. The Labute approximate surface area is 89.3 Å². The normalized spacial score (nSPS) is 30.9. The van der Waals surface area contributed by atoms with Crippen molar-refractivity contribution in [3.05, 3.63) is 0 Å². The van der Waals surface area contributed by atoms with Crippen molar-refractivity contribution in [2.45, 2.75) is 58.7 Å². The summed E-state index contributed by atoms with van der Waals surface area (Å²) in [7, 11) is 2.21. The van der Waals surface area contributed by atoms with Crippen molar-refractivity contribution in [2.24, 2.45) is 0 Å². The molecule has 0 bridgehead atoms. The van der Waals surface area contributed by atoms with E-state index in [2.05, 4.69) is 58.4 Å². The van der Waals surface area contributed by atoms with Gasteiger partial charge in [-0.15, -0.1) is 0 Å². The molecule has 2 unspecified atom stereocenters. The summed E-state index contributed by atoms with van der Waals surface area (Å²) in [6, 6.07) is 0.760. The summed E-state index contributed by atoms with van der Waals surface area (Å²) in [6.45, 7) is 16.1. The number of hydrogen-bond acceptors (Lipinski definition) is 2. The smallest absolute Gasteiger partial charge is 0.0310 e. The third kappa shape index (κ3) is 2.29. The van der Waals surface area contributed by atoms with Gasteiger partial charge in [0.25, 0.3) is 0 Å². The van der Waals surface area contributed by atoms with Crippen molar-refractivity contribution in [3.8, 4) is 0 Å². The van der Waals surface area contributed by atoms with Crippen LogP contribution in [0.5, 0.6) is 0 Å². The first-order valence-corrected chi connectivity index (χ1v) is 5.65. The van der Waals surface area contributed by atoms with Crippen LogP contribution in [0.15, 0.2) is 0 Å². The SMILES string of the molecule is CC1N(CCN(C)C(C)(C)C)C1(C)C. The molecule has 0 aromatic heterocycles. The van der Waals surface area contributed by atoms with E-state index in [0.29, 0.717) is 11.1 Å². The highest BCUT2D eigenvalue weighted by molar-refractivity contribution is 5.08. The van der Waals surface area contributed by atoms with Crippen LogP contribution in [0.4, 0.5) is 0 Å². The molecule has 0 saturated carbocycles. The monoisotopic (exact) mass is 198 g/mol. The predicted molar refractivity (Wildman–Crippen MR) is 62.6 cm³/mol. The lowest BCUT2D eigenvalue weighted by Crippen LogP contribution is -2.41. The summed E-state index contributed by atoms with van der Waals surface area (Å²) in [5.74, 6) is 0. The second-order valence-electron chi connectivity index (χ2n) is 6.12. The summed E-state index contributed by atoms with van der Waals surface area (Å²) < 4.78 is 0. The minimum absolute atomic E-state index is 0.295. The quantitative estimate of drug-likeness (QED) is 0.641. The zero-order valence-electron chi connectivity index (χ0n) is 10.9. The highest BCUT2D eigenvalue weighted by atomic mass is 15.4. The molecule has 0 radical (unpaired) electrons. The van der Waals surface area contributed by atoms with Gasteiger partial charge >= 0.3 is 0 Å². The molecule has 1 heterocycles. The van der Waals surface area contributed by atoms with Gasteiger partial charge in [0, 0.05) is 30.2 Å². The topological polar surface area (TPSA) is 6.25 Å². The van der Waals surface area contributed by atoms with Crippen LogP contribution >= 0.6 is 0 Å². The summed E-state index contributed by atoms with van der Waals surface area (Å²) in [6.07, 6.45) is 0. The number of nitrogens with zero attached hydrogens (tertiary/aromatic N) is 2. The van der Waals surface area contributed by atoms with Crippen LogP contribution in [0.2, 0.25) is 0 Å². The van der Waals surface area contributed by atoms with Gasteiger partial charge in [-0.3, -0.25) is 4.90 Å². The maximum absolute atomic E-state index is 2.56. The first kappa shape index (κ1) is 12.0. The lowest BCUT2D eigenvalue weighted by Gasteiger charge is -2.32. The highest BCUT2D eigenvalue weighted by Gasteiger charge is 2.51. The Hall–Kier alpha value is -0.0800. The van der Waals surface area contributed by atoms with E-state index in [1.807, 2.05) is 0 Å². The molecule has 14 heavy (non-hydrogen) atoms. The van der Waals surface area contributed by atoms with Crippen LogP contribution in [-0.4, -0.2) is 47.1 Å². The summed E-state index contributed by atoms with van der Waals surface area (Å²) in [4.78, 5) is 4.99. The Morgan fingerprint density at radius 1 is 1.29 bits per heavy atom. The van der Waals surface area contributed by atoms with Crippen LogP contribution in [0, 0.1) is 0 Å². The Kier molecular flexibility index (Phi) is 2.99. The molecule has 1 aliphatic heterocycles. The summed E-state index contributed by atoms with van der Waals surface area (Å²) >= 11 is 0. The van der Waals surface area contributed by atoms with E-state index < -0.39 is 0 Å². The summed E-state index contributed by atoms with van der Waals surface area (Å²) in [5.41, 5.74) is 0.738. The third-order valence-electron chi connectivity index (χ3n) is 3.98. The fourth-order valence-electron chi connectivity index (χ4n) is 1.85. The van der Waals surface area contributed by atoms with Crippen LogP contribution in [0.25, 0.3) is 0 Å². The Morgan fingerprint density at radius 2 is 1.71 bits per heavy atom. The zero-order valence-corrected chi connectivity index (χ0v) is 10.9. The van der Waals surface area contributed by atoms with Crippen LogP contribution in [0.3, 0.4) is 0 Å². The molecule has 0 aromatic carbocycles. The van der Waals surface area contributed by atoms with Gasteiger partial charge in [-0.25, -0.2) is 0 Å². The molecule has 2 atom stereocenters. The highest BCUT2D eigenvalue weighted by Crippen LogP contribution is 2.39. The van der Waals surface area contributed by atoms with Crippen molar-refractivity contribution in [1.29, 1.82) is 0 Å². The number of rotatable bonds is 3. The van der Waals surface area contributed by atoms with E-state index >= 15 is 0 Å². The van der Waals surface area contributed by atoms with E-state index in [0.717, 1.165) is 12.6 Å². The van der Waals surface area contributed by atoms with E-state index in [1.165, 1.54) is 6.54 Å². The molecule has 84 valence electrons. The lowest BCUT2D eigenvalue weighted by atomic mass is 10.1. The zero-order chi connectivity index (χ0) is 11.1. The first-order chi connectivity index (χ1) is 6.17. The van der Waals surface area contributed by atoms with E-state index in [4.69, 9.17) is 0 Å². The summed E-state index contributed by atoms with van der Waals surface area (Å²) in [5, 5.41) is 0. The molecular formula is C12H26N2. The first-order valence-electron chi connectivity index (χ1n) is 5.65. The van der Waals surface area contributed by atoms with Crippen LogP contribution in [-0.2, 0) is 0 Å².